The molecule has 4 aromatic rings. The van der Waals surface area contributed by atoms with Gasteiger partial charge in [0.2, 0.25) is 0 Å². The van der Waals surface area contributed by atoms with Crippen LogP contribution < -0.4 is 10.5 Å². The number of hydrogen-bond acceptors (Lipinski definition) is 5. The normalized spacial score (nSPS) is 15.0. The summed E-state index contributed by atoms with van der Waals surface area (Å²) in [6.45, 7) is 1.50. The number of aromatic nitrogens is 2. The largest absolute Gasteiger partial charge is 0.416 e. The number of carbonyl (C=O) groups excluding carboxylic acids is 1. The first-order valence-electron chi connectivity index (χ1n) is 9.93. The SMILES string of the molecule is O=C(c1cccn2c(=O)c3sccc3nc12)N1CCN(c2cccc(C(F)(F)F)c2)CC1. The van der Waals surface area contributed by atoms with Crippen LogP contribution in [-0.2, 0) is 6.18 Å². The Morgan fingerprint density at radius 3 is 2.56 bits per heavy atom. The van der Waals surface area contributed by atoms with Crippen molar-refractivity contribution < 1.29 is 18.0 Å². The summed E-state index contributed by atoms with van der Waals surface area (Å²) in [6.07, 6.45) is -2.81. The summed E-state index contributed by atoms with van der Waals surface area (Å²) in [4.78, 5) is 33.9. The van der Waals surface area contributed by atoms with Crippen molar-refractivity contribution in [3.63, 3.8) is 0 Å². The minimum absolute atomic E-state index is 0.219. The number of amides is 1. The van der Waals surface area contributed by atoms with Crippen molar-refractivity contribution in [2.75, 3.05) is 31.1 Å². The Hall–Kier alpha value is -3.40. The number of benzene rings is 1. The van der Waals surface area contributed by atoms with Gasteiger partial charge in [-0.05, 0) is 41.8 Å². The van der Waals surface area contributed by atoms with Gasteiger partial charge < -0.3 is 9.80 Å². The third kappa shape index (κ3) is 3.50. The average Bonchev–Trinajstić information content (AvgIpc) is 3.27. The van der Waals surface area contributed by atoms with E-state index in [2.05, 4.69) is 4.98 Å². The number of hydrogen-bond donors (Lipinski definition) is 0. The molecule has 6 nitrogen and oxygen atoms in total. The smallest absolute Gasteiger partial charge is 0.368 e. The molecule has 10 heteroatoms. The molecule has 1 fully saturated rings. The highest BCUT2D eigenvalue weighted by Gasteiger charge is 2.31. The molecule has 164 valence electrons. The van der Waals surface area contributed by atoms with Crippen LogP contribution in [0.3, 0.4) is 0 Å². The zero-order valence-corrected chi connectivity index (χ0v) is 17.5. The van der Waals surface area contributed by atoms with Crippen LogP contribution in [0.5, 0.6) is 0 Å². The van der Waals surface area contributed by atoms with Gasteiger partial charge in [-0.25, -0.2) is 4.98 Å². The summed E-state index contributed by atoms with van der Waals surface area (Å²) in [5, 5.41) is 1.78. The molecule has 3 aromatic heterocycles. The monoisotopic (exact) mass is 458 g/mol. The molecule has 0 atom stereocenters. The molecule has 1 saturated heterocycles. The van der Waals surface area contributed by atoms with E-state index in [1.54, 1.807) is 40.7 Å². The topological polar surface area (TPSA) is 57.9 Å². The highest BCUT2D eigenvalue weighted by atomic mass is 32.1. The molecule has 1 aliphatic rings. The number of alkyl halides is 3. The van der Waals surface area contributed by atoms with Crippen LogP contribution in [0, 0.1) is 0 Å². The van der Waals surface area contributed by atoms with E-state index in [0.29, 0.717) is 53.3 Å². The molecule has 0 aliphatic carbocycles. The summed E-state index contributed by atoms with van der Waals surface area (Å²) >= 11 is 1.30. The van der Waals surface area contributed by atoms with E-state index in [-0.39, 0.29) is 11.5 Å². The second-order valence-electron chi connectivity index (χ2n) is 7.49. The van der Waals surface area contributed by atoms with Gasteiger partial charge in [-0.1, -0.05) is 6.07 Å². The van der Waals surface area contributed by atoms with E-state index < -0.39 is 11.7 Å². The molecular formula is C22H17F3N4O2S. The molecular weight excluding hydrogens is 441 g/mol. The number of rotatable bonds is 2. The number of piperazine rings is 1. The van der Waals surface area contributed by atoms with Gasteiger partial charge in [0.1, 0.15) is 4.70 Å². The Balaban J connectivity index is 1.39. The van der Waals surface area contributed by atoms with Crippen LogP contribution in [0.25, 0.3) is 15.9 Å². The van der Waals surface area contributed by atoms with Crippen LogP contribution >= 0.6 is 11.3 Å². The van der Waals surface area contributed by atoms with Crippen LogP contribution in [0.4, 0.5) is 18.9 Å². The van der Waals surface area contributed by atoms with E-state index in [0.717, 1.165) is 12.1 Å². The lowest BCUT2D eigenvalue weighted by Gasteiger charge is -2.36. The number of thiophene rings is 1. The van der Waals surface area contributed by atoms with Crippen molar-refractivity contribution in [3.05, 3.63) is 75.5 Å². The van der Waals surface area contributed by atoms with E-state index in [1.165, 1.54) is 21.8 Å². The number of anilines is 1. The second kappa shape index (κ2) is 7.63. The molecule has 1 amide bonds. The molecule has 1 aliphatic heterocycles. The first-order valence-corrected chi connectivity index (χ1v) is 10.8. The first kappa shape index (κ1) is 20.5. The van der Waals surface area contributed by atoms with Crippen molar-refractivity contribution in [1.82, 2.24) is 14.3 Å². The van der Waals surface area contributed by atoms with Gasteiger partial charge in [0, 0.05) is 38.1 Å². The Labute approximate surface area is 184 Å². The Kier molecular flexibility index (Phi) is 4.89. The fourth-order valence-electron chi connectivity index (χ4n) is 3.94. The van der Waals surface area contributed by atoms with Crippen LogP contribution in [-0.4, -0.2) is 46.4 Å². The van der Waals surface area contributed by atoms with Crippen molar-refractivity contribution in [2.45, 2.75) is 6.18 Å². The third-order valence-corrected chi connectivity index (χ3v) is 6.48. The van der Waals surface area contributed by atoms with E-state index >= 15 is 0 Å². The van der Waals surface area contributed by atoms with Crippen LogP contribution in [0.15, 0.2) is 58.8 Å². The molecule has 0 radical (unpaired) electrons. The van der Waals surface area contributed by atoms with Crippen molar-refractivity contribution in [1.29, 1.82) is 0 Å². The second-order valence-corrected chi connectivity index (χ2v) is 8.41. The predicted octanol–water partition coefficient (Wildman–Crippen LogP) is 3.89. The van der Waals surface area contributed by atoms with E-state index in [9.17, 15) is 22.8 Å². The summed E-state index contributed by atoms with van der Waals surface area (Å²) in [5.74, 6) is -0.256. The van der Waals surface area contributed by atoms with Gasteiger partial charge in [-0.3, -0.25) is 14.0 Å². The maximum atomic E-state index is 13.2. The van der Waals surface area contributed by atoms with Gasteiger partial charge in [0.15, 0.2) is 5.65 Å². The Bertz CT molecular complexity index is 1390. The van der Waals surface area contributed by atoms with Crippen molar-refractivity contribution in [3.8, 4) is 0 Å². The molecule has 5 rings (SSSR count). The van der Waals surface area contributed by atoms with E-state index in [4.69, 9.17) is 0 Å². The molecule has 1 aromatic carbocycles. The Morgan fingerprint density at radius 2 is 1.81 bits per heavy atom. The first-order chi connectivity index (χ1) is 15.3. The highest BCUT2D eigenvalue weighted by molar-refractivity contribution is 7.17. The average molecular weight is 458 g/mol. The molecule has 32 heavy (non-hydrogen) atoms. The lowest BCUT2D eigenvalue weighted by molar-refractivity contribution is -0.137. The number of fused-ring (bicyclic) bond motifs is 2. The highest BCUT2D eigenvalue weighted by Crippen LogP contribution is 2.32. The predicted molar refractivity (Wildman–Crippen MR) is 116 cm³/mol. The van der Waals surface area contributed by atoms with Crippen LogP contribution in [0.2, 0.25) is 0 Å². The van der Waals surface area contributed by atoms with Gasteiger partial charge in [-0.15, -0.1) is 11.3 Å². The molecule has 0 spiro atoms. The molecule has 4 heterocycles. The van der Waals surface area contributed by atoms with Crippen molar-refractivity contribution in [2.24, 2.45) is 0 Å². The number of pyridine rings is 1. The summed E-state index contributed by atoms with van der Waals surface area (Å²) in [5.41, 5.74) is 0.739. The van der Waals surface area contributed by atoms with Crippen LogP contribution in [0.1, 0.15) is 15.9 Å². The Morgan fingerprint density at radius 1 is 1.03 bits per heavy atom. The van der Waals surface area contributed by atoms with Gasteiger partial charge in [-0.2, -0.15) is 13.2 Å². The molecule has 0 saturated carbocycles. The maximum Gasteiger partial charge on any atom is 0.416 e. The maximum absolute atomic E-state index is 13.2. The quantitative estimate of drug-likeness (QED) is 0.457. The lowest BCUT2D eigenvalue weighted by Crippen LogP contribution is -2.49. The fourth-order valence-corrected chi connectivity index (χ4v) is 4.70. The third-order valence-electron chi connectivity index (χ3n) is 5.59. The zero-order chi connectivity index (χ0) is 22.5. The summed E-state index contributed by atoms with van der Waals surface area (Å²) < 4.78 is 41.0. The number of halogens is 3. The van der Waals surface area contributed by atoms with Gasteiger partial charge in [0.05, 0.1) is 16.6 Å². The fraction of sp³-hybridized carbons (Fsp3) is 0.227. The minimum Gasteiger partial charge on any atom is -0.368 e. The minimum atomic E-state index is -4.40. The van der Waals surface area contributed by atoms with Gasteiger partial charge in [0.25, 0.3) is 11.5 Å². The molecule has 0 unspecified atom stereocenters. The number of nitrogens with zero attached hydrogens (tertiary/aromatic N) is 4. The number of carbonyl (C=O) groups is 1. The summed E-state index contributed by atoms with van der Waals surface area (Å²) in [7, 11) is 0. The standard InChI is InChI=1S/C22H17F3N4O2S/c23-22(24,25)14-3-1-4-15(13-14)27-8-10-28(11-9-27)20(30)16-5-2-7-29-19(16)26-17-6-12-32-18(17)21(29)31/h1-7,12-13H,8-11H2. The molecule has 0 bridgehead atoms. The van der Waals surface area contributed by atoms with Gasteiger partial charge >= 0.3 is 6.18 Å². The summed E-state index contributed by atoms with van der Waals surface area (Å²) in [6, 6.07) is 10.2. The lowest BCUT2D eigenvalue weighted by atomic mass is 10.1. The molecule has 0 N–H and O–H groups in total. The van der Waals surface area contributed by atoms with Crippen molar-refractivity contribution >= 4 is 38.8 Å². The van der Waals surface area contributed by atoms with E-state index in [1.807, 2.05) is 4.90 Å². The zero-order valence-electron chi connectivity index (χ0n) is 16.7.